The maximum Gasteiger partial charge on any atom is 0.335 e. The summed E-state index contributed by atoms with van der Waals surface area (Å²) >= 11 is 1.60. The van der Waals surface area contributed by atoms with Gasteiger partial charge in [0.15, 0.2) is 5.13 Å². The number of hydrogen-bond acceptors (Lipinski definition) is 4. The number of nitrogens with zero attached hydrogens (tertiary/aromatic N) is 1. The molecule has 106 valence electrons. The standard InChI is InChI=1S/C16H14N2O2S/c19-15(20)12-6-2-1-5-11(12)9-10-17-16-18-13-7-3-4-8-14(13)21-16/h1-8H,9-10H2,(H,17,18)(H,19,20). The third-order valence-electron chi connectivity index (χ3n) is 3.21. The summed E-state index contributed by atoms with van der Waals surface area (Å²) in [6.45, 7) is 0.657. The van der Waals surface area contributed by atoms with Crippen LogP contribution in [-0.4, -0.2) is 22.6 Å². The summed E-state index contributed by atoms with van der Waals surface area (Å²) < 4.78 is 1.14. The summed E-state index contributed by atoms with van der Waals surface area (Å²) in [6.07, 6.45) is 0.651. The number of benzene rings is 2. The predicted molar refractivity (Wildman–Crippen MR) is 85.2 cm³/mol. The number of hydrogen-bond donors (Lipinski definition) is 2. The van der Waals surface area contributed by atoms with Crippen molar-refractivity contribution in [2.24, 2.45) is 0 Å². The molecule has 3 aromatic rings. The van der Waals surface area contributed by atoms with E-state index in [-0.39, 0.29) is 0 Å². The lowest BCUT2D eigenvalue weighted by molar-refractivity contribution is 0.0695. The SMILES string of the molecule is O=C(O)c1ccccc1CCNc1nc2ccccc2s1. The van der Waals surface area contributed by atoms with E-state index >= 15 is 0 Å². The number of anilines is 1. The molecule has 0 saturated carbocycles. The number of rotatable bonds is 5. The molecule has 0 fully saturated rings. The molecular formula is C16H14N2O2S. The zero-order valence-corrected chi connectivity index (χ0v) is 12.1. The molecule has 1 aromatic heterocycles. The summed E-state index contributed by atoms with van der Waals surface area (Å²) in [7, 11) is 0. The molecule has 0 spiro atoms. The Morgan fingerprint density at radius 1 is 1.14 bits per heavy atom. The Morgan fingerprint density at radius 3 is 2.71 bits per heavy atom. The maximum atomic E-state index is 11.1. The number of fused-ring (bicyclic) bond motifs is 1. The zero-order chi connectivity index (χ0) is 14.7. The lowest BCUT2D eigenvalue weighted by Gasteiger charge is -2.06. The van der Waals surface area contributed by atoms with Crippen molar-refractivity contribution < 1.29 is 9.90 Å². The molecule has 3 rings (SSSR count). The fourth-order valence-electron chi connectivity index (χ4n) is 2.20. The largest absolute Gasteiger partial charge is 0.478 e. The molecule has 0 aliphatic rings. The normalized spacial score (nSPS) is 10.7. The van der Waals surface area contributed by atoms with Gasteiger partial charge >= 0.3 is 5.97 Å². The highest BCUT2D eigenvalue weighted by molar-refractivity contribution is 7.22. The zero-order valence-electron chi connectivity index (χ0n) is 11.2. The van der Waals surface area contributed by atoms with Gasteiger partial charge in [0.05, 0.1) is 15.8 Å². The summed E-state index contributed by atoms with van der Waals surface area (Å²) in [6, 6.07) is 15.1. The highest BCUT2D eigenvalue weighted by Gasteiger charge is 2.09. The Kier molecular flexibility index (Phi) is 3.83. The van der Waals surface area contributed by atoms with Crippen LogP contribution in [0.3, 0.4) is 0 Å². The first-order chi connectivity index (χ1) is 10.2. The van der Waals surface area contributed by atoms with Crippen LogP contribution >= 0.6 is 11.3 Å². The van der Waals surface area contributed by atoms with Gasteiger partial charge in [0, 0.05) is 6.54 Å². The average molecular weight is 298 g/mol. The first kappa shape index (κ1) is 13.6. The predicted octanol–water partition coefficient (Wildman–Crippen LogP) is 3.65. The number of nitrogens with one attached hydrogen (secondary N) is 1. The molecule has 1 heterocycles. The first-order valence-electron chi connectivity index (χ1n) is 6.65. The monoisotopic (exact) mass is 298 g/mol. The topological polar surface area (TPSA) is 62.2 Å². The van der Waals surface area contributed by atoms with Crippen molar-refractivity contribution in [3.63, 3.8) is 0 Å². The number of carboxylic acids is 1. The van der Waals surface area contributed by atoms with Crippen LogP contribution in [0.2, 0.25) is 0 Å². The molecule has 4 nitrogen and oxygen atoms in total. The number of thiazole rings is 1. The number of aromatic carboxylic acids is 1. The second-order valence-corrected chi connectivity index (χ2v) is 5.66. The minimum absolute atomic E-state index is 0.364. The Hall–Kier alpha value is -2.40. The maximum absolute atomic E-state index is 11.1. The van der Waals surface area contributed by atoms with E-state index in [0.717, 1.165) is 20.9 Å². The molecule has 0 bridgehead atoms. The Morgan fingerprint density at radius 2 is 1.90 bits per heavy atom. The van der Waals surface area contributed by atoms with E-state index in [2.05, 4.69) is 10.3 Å². The molecule has 5 heteroatoms. The molecule has 2 N–H and O–H groups in total. The van der Waals surface area contributed by atoms with Crippen molar-refractivity contribution in [3.05, 3.63) is 59.7 Å². The highest BCUT2D eigenvalue weighted by atomic mass is 32.1. The molecule has 0 radical (unpaired) electrons. The summed E-state index contributed by atoms with van der Waals surface area (Å²) in [4.78, 5) is 15.6. The van der Waals surface area contributed by atoms with Crippen molar-refractivity contribution in [1.82, 2.24) is 4.98 Å². The van der Waals surface area contributed by atoms with Crippen molar-refractivity contribution in [2.75, 3.05) is 11.9 Å². The second-order valence-electron chi connectivity index (χ2n) is 4.63. The van der Waals surface area contributed by atoms with Crippen molar-refractivity contribution in [1.29, 1.82) is 0 Å². The van der Waals surface area contributed by atoms with Crippen LogP contribution in [0.5, 0.6) is 0 Å². The van der Waals surface area contributed by atoms with E-state index in [4.69, 9.17) is 5.11 Å². The Balaban J connectivity index is 1.67. The van der Waals surface area contributed by atoms with Gasteiger partial charge in [-0.05, 0) is 30.2 Å². The first-order valence-corrected chi connectivity index (χ1v) is 7.46. The van der Waals surface area contributed by atoms with Crippen LogP contribution in [0.15, 0.2) is 48.5 Å². The van der Waals surface area contributed by atoms with Crippen LogP contribution in [0.1, 0.15) is 15.9 Å². The minimum atomic E-state index is -0.884. The number of carbonyl (C=O) groups is 1. The molecule has 0 saturated heterocycles. The molecule has 0 aliphatic carbocycles. The van der Waals surface area contributed by atoms with Gasteiger partial charge < -0.3 is 10.4 Å². The number of carboxylic acid groups (broad SMARTS) is 1. The second kappa shape index (κ2) is 5.93. The molecule has 2 aromatic carbocycles. The molecular weight excluding hydrogens is 284 g/mol. The fraction of sp³-hybridized carbons (Fsp3) is 0.125. The van der Waals surface area contributed by atoms with Gasteiger partial charge in [0.25, 0.3) is 0 Å². The summed E-state index contributed by atoms with van der Waals surface area (Å²) in [5, 5.41) is 13.3. The van der Waals surface area contributed by atoms with Crippen molar-refractivity contribution >= 4 is 32.7 Å². The van der Waals surface area contributed by atoms with E-state index in [1.165, 1.54) is 0 Å². The Labute approximate surface area is 126 Å². The quantitative estimate of drug-likeness (QED) is 0.754. The lowest BCUT2D eigenvalue weighted by atomic mass is 10.1. The van der Waals surface area contributed by atoms with E-state index in [0.29, 0.717) is 18.5 Å². The van der Waals surface area contributed by atoms with Crippen LogP contribution < -0.4 is 5.32 Å². The van der Waals surface area contributed by atoms with Gasteiger partial charge in [-0.25, -0.2) is 9.78 Å². The molecule has 0 atom stereocenters. The highest BCUT2D eigenvalue weighted by Crippen LogP contribution is 2.25. The van der Waals surface area contributed by atoms with Crippen molar-refractivity contribution in [2.45, 2.75) is 6.42 Å². The van der Waals surface area contributed by atoms with Gasteiger partial charge in [-0.1, -0.05) is 41.7 Å². The van der Waals surface area contributed by atoms with Crippen LogP contribution in [-0.2, 0) is 6.42 Å². The van der Waals surface area contributed by atoms with Crippen LogP contribution in [0.4, 0.5) is 5.13 Å². The van der Waals surface area contributed by atoms with E-state index < -0.39 is 5.97 Å². The van der Waals surface area contributed by atoms with E-state index in [1.54, 1.807) is 23.5 Å². The third-order valence-corrected chi connectivity index (χ3v) is 4.21. The van der Waals surface area contributed by atoms with Gasteiger partial charge in [-0.3, -0.25) is 0 Å². The van der Waals surface area contributed by atoms with Gasteiger partial charge in [0.2, 0.25) is 0 Å². The number of para-hydroxylation sites is 1. The summed E-state index contributed by atoms with van der Waals surface area (Å²) in [5.74, 6) is -0.884. The Bertz CT molecular complexity index is 750. The van der Waals surface area contributed by atoms with Crippen LogP contribution in [0, 0.1) is 0 Å². The lowest BCUT2D eigenvalue weighted by Crippen LogP contribution is -2.08. The third kappa shape index (κ3) is 3.03. The smallest absolute Gasteiger partial charge is 0.335 e. The van der Waals surface area contributed by atoms with Crippen molar-refractivity contribution in [3.8, 4) is 0 Å². The molecule has 0 amide bonds. The van der Waals surface area contributed by atoms with Gasteiger partial charge in [0.1, 0.15) is 0 Å². The number of aromatic nitrogens is 1. The molecule has 0 aliphatic heterocycles. The van der Waals surface area contributed by atoms with Gasteiger partial charge in [-0.15, -0.1) is 0 Å². The van der Waals surface area contributed by atoms with Crippen LogP contribution in [0.25, 0.3) is 10.2 Å². The average Bonchev–Trinajstić information content (AvgIpc) is 2.90. The minimum Gasteiger partial charge on any atom is -0.478 e. The summed E-state index contributed by atoms with van der Waals surface area (Å²) in [5.41, 5.74) is 2.18. The molecule has 21 heavy (non-hydrogen) atoms. The van der Waals surface area contributed by atoms with E-state index in [1.807, 2.05) is 36.4 Å². The van der Waals surface area contributed by atoms with E-state index in [9.17, 15) is 4.79 Å². The fourth-order valence-corrected chi connectivity index (χ4v) is 3.09. The van der Waals surface area contributed by atoms with Gasteiger partial charge in [-0.2, -0.15) is 0 Å². The molecule has 0 unspecified atom stereocenters.